The maximum atomic E-state index is 13.8. The van der Waals surface area contributed by atoms with Gasteiger partial charge >= 0.3 is 18.1 Å². The van der Waals surface area contributed by atoms with Crippen molar-refractivity contribution in [1.29, 1.82) is 0 Å². The molecular weight excluding hydrogens is 298 g/mol. The number of fused-ring (bicyclic) bond motifs is 1. The molecule has 1 unspecified atom stereocenters. The van der Waals surface area contributed by atoms with Crippen molar-refractivity contribution in [1.82, 2.24) is 0 Å². The van der Waals surface area contributed by atoms with Gasteiger partial charge in [0.25, 0.3) is 0 Å². The van der Waals surface area contributed by atoms with E-state index in [-0.39, 0.29) is 16.2 Å². The number of carboxylic acid groups (broad SMARTS) is 1. The summed E-state index contributed by atoms with van der Waals surface area (Å²) in [6, 6.07) is 0.146. The molecule has 1 aromatic rings. The van der Waals surface area contributed by atoms with Crippen LogP contribution < -0.4 is 9.64 Å². The lowest BCUT2D eigenvalue weighted by Gasteiger charge is -2.23. The van der Waals surface area contributed by atoms with E-state index < -0.39 is 42.0 Å². The quantitative estimate of drug-likeness (QED) is 0.845. The third-order valence-corrected chi connectivity index (χ3v) is 3.11. The van der Waals surface area contributed by atoms with E-state index in [9.17, 15) is 27.2 Å². The number of carbonyl (C=O) groups is 2. The number of benzene rings is 1. The number of nitrogens with zero attached hydrogens (tertiary/aromatic N) is 1. The van der Waals surface area contributed by atoms with Crippen LogP contribution >= 0.6 is 0 Å². The molecule has 1 aromatic carbocycles. The summed E-state index contributed by atoms with van der Waals surface area (Å²) in [6.07, 6.45) is -5.78. The highest BCUT2D eigenvalue weighted by molar-refractivity contribution is 6.05. The molecule has 0 aliphatic carbocycles. The van der Waals surface area contributed by atoms with E-state index in [0.717, 1.165) is 12.1 Å². The van der Waals surface area contributed by atoms with Gasteiger partial charge in [-0.05, 0) is 12.1 Å². The predicted molar refractivity (Wildman–Crippen MR) is 61.6 cm³/mol. The number of carboxylic acids is 1. The fourth-order valence-electron chi connectivity index (χ4n) is 2.26. The number of rotatable bonds is 2. The SMILES string of the molecule is COc1ccc(F)c2c1CC(C(=O)O)N2C(=O)C(F)(F)F. The molecule has 9 heteroatoms. The molecule has 0 saturated heterocycles. The Morgan fingerprint density at radius 1 is 1.38 bits per heavy atom. The standard InChI is InChI=1S/C12H9F4NO4/c1-21-8-3-2-6(13)9-5(8)4-7(10(18)19)17(9)11(20)12(14,15)16/h2-3,7H,4H2,1H3,(H,18,19). The van der Waals surface area contributed by atoms with Crippen LogP contribution in [0.25, 0.3) is 0 Å². The number of carbonyl (C=O) groups excluding carboxylic acids is 1. The molecule has 0 aromatic heterocycles. The number of ether oxygens (including phenoxy) is 1. The van der Waals surface area contributed by atoms with E-state index in [1.807, 2.05) is 0 Å². The minimum atomic E-state index is -5.31. The third-order valence-electron chi connectivity index (χ3n) is 3.11. The van der Waals surface area contributed by atoms with Gasteiger partial charge in [0.1, 0.15) is 17.6 Å². The number of amides is 1. The van der Waals surface area contributed by atoms with Crippen molar-refractivity contribution in [2.75, 3.05) is 12.0 Å². The number of methoxy groups -OCH3 is 1. The lowest BCUT2D eigenvalue weighted by atomic mass is 10.1. The maximum Gasteiger partial charge on any atom is 0.471 e. The summed E-state index contributed by atoms with van der Waals surface area (Å²) in [5.74, 6) is -5.19. The largest absolute Gasteiger partial charge is 0.496 e. The third kappa shape index (κ3) is 2.39. The molecule has 5 nitrogen and oxygen atoms in total. The minimum Gasteiger partial charge on any atom is -0.496 e. The Bertz CT molecular complexity index is 614. The molecule has 2 rings (SSSR count). The molecule has 1 heterocycles. The van der Waals surface area contributed by atoms with Crippen molar-refractivity contribution in [2.24, 2.45) is 0 Å². The van der Waals surface area contributed by atoms with E-state index in [0.29, 0.717) is 0 Å². The van der Waals surface area contributed by atoms with Crippen LogP contribution in [-0.4, -0.2) is 36.3 Å². The van der Waals surface area contributed by atoms with E-state index in [1.165, 1.54) is 7.11 Å². The summed E-state index contributed by atoms with van der Waals surface area (Å²) < 4.78 is 56.5. The molecular formula is C12H9F4NO4. The van der Waals surface area contributed by atoms with Crippen molar-refractivity contribution < 1.29 is 37.0 Å². The summed E-state index contributed by atoms with van der Waals surface area (Å²) in [5.41, 5.74) is -0.786. The highest BCUT2D eigenvalue weighted by Crippen LogP contribution is 2.42. The van der Waals surface area contributed by atoms with E-state index in [4.69, 9.17) is 9.84 Å². The first kappa shape index (κ1) is 15.1. The number of anilines is 1. The van der Waals surface area contributed by atoms with Crippen LogP contribution in [-0.2, 0) is 16.0 Å². The summed E-state index contributed by atoms with van der Waals surface area (Å²) in [5, 5.41) is 9.00. The van der Waals surface area contributed by atoms with Crippen molar-refractivity contribution in [3.63, 3.8) is 0 Å². The average Bonchev–Trinajstić information content (AvgIpc) is 2.78. The van der Waals surface area contributed by atoms with Gasteiger partial charge in [0.05, 0.1) is 12.8 Å². The lowest BCUT2D eigenvalue weighted by molar-refractivity contribution is -0.171. The Labute approximate surface area is 115 Å². The van der Waals surface area contributed by atoms with Crippen LogP contribution in [0.4, 0.5) is 23.2 Å². The van der Waals surface area contributed by atoms with Gasteiger partial charge < -0.3 is 9.84 Å². The van der Waals surface area contributed by atoms with Gasteiger partial charge in [-0.2, -0.15) is 13.2 Å². The first-order valence-corrected chi connectivity index (χ1v) is 5.67. The van der Waals surface area contributed by atoms with Crippen molar-refractivity contribution >= 4 is 17.6 Å². The topological polar surface area (TPSA) is 66.8 Å². The molecule has 0 bridgehead atoms. The number of halogens is 4. The Morgan fingerprint density at radius 3 is 2.48 bits per heavy atom. The van der Waals surface area contributed by atoms with Crippen molar-refractivity contribution in [3.05, 3.63) is 23.5 Å². The van der Waals surface area contributed by atoms with Gasteiger partial charge in [0.15, 0.2) is 0 Å². The Kier molecular flexibility index (Phi) is 3.52. The second-order valence-corrected chi connectivity index (χ2v) is 4.31. The molecule has 1 aliphatic rings. The van der Waals surface area contributed by atoms with Gasteiger partial charge in [-0.25, -0.2) is 9.18 Å². The highest BCUT2D eigenvalue weighted by atomic mass is 19.4. The van der Waals surface area contributed by atoms with Crippen LogP contribution in [0.3, 0.4) is 0 Å². The zero-order chi connectivity index (χ0) is 15.9. The minimum absolute atomic E-state index is 0.0233. The van der Waals surface area contributed by atoms with Gasteiger partial charge in [0, 0.05) is 12.0 Å². The fraction of sp³-hybridized carbons (Fsp3) is 0.333. The number of hydrogen-bond donors (Lipinski definition) is 1. The van der Waals surface area contributed by atoms with Gasteiger partial charge in [-0.1, -0.05) is 0 Å². The van der Waals surface area contributed by atoms with Crippen LogP contribution in [0.15, 0.2) is 12.1 Å². The summed E-state index contributed by atoms with van der Waals surface area (Å²) in [4.78, 5) is 22.5. The Morgan fingerprint density at radius 2 is 2.00 bits per heavy atom. The van der Waals surface area contributed by atoms with Gasteiger partial charge in [0.2, 0.25) is 0 Å². The second kappa shape index (κ2) is 4.90. The van der Waals surface area contributed by atoms with Gasteiger partial charge in [-0.15, -0.1) is 0 Å². The molecule has 21 heavy (non-hydrogen) atoms. The Hall–Kier alpha value is -2.32. The summed E-state index contributed by atoms with van der Waals surface area (Å²) in [6.45, 7) is 0. The van der Waals surface area contributed by atoms with E-state index >= 15 is 0 Å². The normalized spacial score (nSPS) is 17.6. The monoisotopic (exact) mass is 307 g/mol. The zero-order valence-corrected chi connectivity index (χ0v) is 10.6. The average molecular weight is 307 g/mol. The van der Waals surface area contributed by atoms with Crippen LogP contribution in [0.1, 0.15) is 5.56 Å². The Balaban J connectivity index is 2.63. The molecule has 0 fully saturated rings. The van der Waals surface area contributed by atoms with E-state index in [2.05, 4.69) is 0 Å². The van der Waals surface area contributed by atoms with Gasteiger partial charge in [-0.3, -0.25) is 9.69 Å². The fourth-order valence-corrected chi connectivity index (χ4v) is 2.26. The first-order chi connectivity index (χ1) is 9.68. The molecule has 1 N–H and O–H groups in total. The molecule has 1 aliphatic heterocycles. The molecule has 0 radical (unpaired) electrons. The molecule has 1 amide bonds. The zero-order valence-electron chi connectivity index (χ0n) is 10.6. The number of alkyl halides is 3. The predicted octanol–water partition coefficient (Wildman–Crippen LogP) is 1.74. The van der Waals surface area contributed by atoms with E-state index in [1.54, 1.807) is 0 Å². The lowest BCUT2D eigenvalue weighted by Crippen LogP contribution is -2.49. The van der Waals surface area contributed by atoms with Crippen LogP contribution in [0.2, 0.25) is 0 Å². The summed E-state index contributed by atoms with van der Waals surface area (Å²) >= 11 is 0. The number of aliphatic carboxylic acids is 1. The highest BCUT2D eigenvalue weighted by Gasteiger charge is 2.51. The molecule has 0 saturated carbocycles. The van der Waals surface area contributed by atoms with Crippen LogP contribution in [0.5, 0.6) is 5.75 Å². The smallest absolute Gasteiger partial charge is 0.471 e. The van der Waals surface area contributed by atoms with Crippen molar-refractivity contribution in [3.8, 4) is 5.75 Å². The van der Waals surface area contributed by atoms with Crippen LogP contribution in [0, 0.1) is 5.82 Å². The number of hydrogen-bond acceptors (Lipinski definition) is 3. The first-order valence-electron chi connectivity index (χ1n) is 5.67. The summed E-state index contributed by atoms with van der Waals surface area (Å²) in [7, 11) is 1.21. The molecule has 1 atom stereocenters. The second-order valence-electron chi connectivity index (χ2n) is 4.31. The maximum absolute atomic E-state index is 13.8. The molecule has 0 spiro atoms. The molecule has 114 valence electrons. The van der Waals surface area contributed by atoms with Crippen molar-refractivity contribution in [2.45, 2.75) is 18.6 Å².